The molecule has 1 saturated carbocycles. The lowest BCUT2D eigenvalue weighted by molar-refractivity contribution is -0.140. The molecule has 0 amide bonds. The second-order valence-corrected chi connectivity index (χ2v) is 10.0. The van der Waals surface area contributed by atoms with Crippen molar-refractivity contribution in [2.24, 2.45) is 0 Å². The number of nitrogens with zero attached hydrogens (tertiary/aromatic N) is 8. The molecule has 0 aromatic heterocycles. The van der Waals surface area contributed by atoms with Gasteiger partial charge in [0, 0.05) is 22.3 Å². The number of terminal acetylenes is 1. The molecule has 0 atom stereocenters. The van der Waals surface area contributed by atoms with Gasteiger partial charge in [-0.2, -0.15) is 55.3 Å². The number of nitriles is 8. The highest BCUT2D eigenvalue weighted by Crippen LogP contribution is 2.58. The average molecular weight is 742 g/mol. The van der Waals surface area contributed by atoms with Crippen molar-refractivity contribution < 1.29 is 48.3 Å². The van der Waals surface area contributed by atoms with Crippen molar-refractivity contribution in [3.8, 4) is 60.9 Å². The topological polar surface area (TPSA) is 190 Å². The van der Waals surface area contributed by atoms with Crippen molar-refractivity contribution in [1.82, 2.24) is 0 Å². The van der Waals surface area contributed by atoms with Gasteiger partial charge < -0.3 is 0 Å². The zero-order chi connectivity index (χ0) is 40.7. The molecule has 0 bridgehead atoms. The highest BCUT2D eigenvalue weighted by atomic mass is 19.4. The van der Waals surface area contributed by atoms with Crippen LogP contribution in [0.5, 0.6) is 0 Å². The molecule has 0 heterocycles. The van der Waals surface area contributed by atoms with E-state index in [0.717, 1.165) is 48.6 Å². The van der Waals surface area contributed by atoms with Crippen molar-refractivity contribution in [2.45, 2.75) is 6.18 Å². The number of benzene rings is 3. The summed E-state index contributed by atoms with van der Waals surface area (Å²) in [4.78, 5) is 0. The van der Waals surface area contributed by atoms with E-state index in [1.165, 1.54) is 5.92 Å². The summed E-state index contributed by atoms with van der Waals surface area (Å²) in [6, 6.07) is 7.69. The van der Waals surface area contributed by atoms with E-state index in [9.17, 15) is 58.8 Å². The average Bonchev–Trinajstić information content (AvgIpc) is 3.85. The maximum absolute atomic E-state index is 15.9. The third kappa shape index (κ3) is 5.35. The molecule has 0 radical (unpaired) electrons. The second-order valence-electron chi connectivity index (χ2n) is 10.0. The molecule has 0 aliphatic heterocycles. The quantitative estimate of drug-likeness (QED) is 0.115. The van der Waals surface area contributed by atoms with Gasteiger partial charge in [0.2, 0.25) is 0 Å². The Morgan fingerprint density at radius 2 is 0.667 bits per heavy atom. The second kappa shape index (κ2) is 13.7. The smallest absolute Gasteiger partial charge is 0.205 e. The Morgan fingerprint density at radius 3 is 0.981 bits per heavy atom. The molecule has 1 aliphatic rings. The van der Waals surface area contributed by atoms with Crippen molar-refractivity contribution in [3.05, 3.63) is 119 Å². The van der Waals surface area contributed by atoms with Crippen LogP contribution in [0.1, 0.15) is 55.6 Å². The first kappa shape index (κ1) is 38.4. The Balaban J connectivity index is 2.50. The van der Waals surface area contributed by atoms with Crippen molar-refractivity contribution in [2.75, 3.05) is 0 Å². The first-order valence-electron chi connectivity index (χ1n) is 13.4. The third-order valence-electron chi connectivity index (χ3n) is 7.53. The summed E-state index contributed by atoms with van der Waals surface area (Å²) in [5.41, 5.74) is -28.3. The normalized spacial score (nSPS) is 14.3. The molecule has 3 aromatic carbocycles. The Kier molecular flexibility index (Phi) is 9.75. The van der Waals surface area contributed by atoms with Gasteiger partial charge in [0.25, 0.3) is 0 Å². The Morgan fingerprint density at radius 1 is 0.389 bits per heavy atom. The summed E-state index contributed by atoms with van der Waals surface area (Å²) >= 11 is 0. The SMILES string of the molecule is C#Cc1c(F)c(C(C#N)=C2C(=C(C#N)c3c(F)c(F)c(C#N)c(C#N)c3F)C2=C(C#N)c2c(F)c(C#N)c(C#N)c(F)c2C(F)(F)F)c(F)c(F)c1C#N. The van der Waals surface area contributed by atoms with Crippen LogP contribution in [0.3, 0.4) is 0 Å². The largest absolute Gasteiger partial charge is 0.420 e. The van der Waals surface area contributed by atoms with Crippen LogP contribution >= 0.6 is 0 Å². The van der Waals surface area contributed by atoms with Gasteiger partial charge >= 0.3 is 6.18 Å². The molecular formula is C35HF11N8. The van der Waals surface area contributed by atoms with Crippen molar-refractivity contribution in [3.63, 3.8) is 0 Å². The molecule has 3 aromatic rings. The molecule has 258 valence electrons. The lowest BCUT2D eigenvalue weighted by Crippen LogP contribution is -2.17. The molecule has 4 rings (SSSR count). The van der Waals surface area contributed by atoms with Gasteiger partial charge in [-0.1, -0.05) is 5.92 Å². The monoisotopic (exact) mass is 742 g/mol. The predicted octanol–water partition coefficient (Wildman–Crippen LogP) is 7.40. The first-order valence-corrected chi connectivity index (χ1v) is 13.4. The summed E-state index contributed by atoms with van der Waals surface area (Å²) in [7, 11) is 0. The van der Waals surface area contributed by atoms with Gasteiger partial charge in [0.15, 0.2) is 46.5 Å². The number of allylic oxidation sites excluding steroid dienone is 6. The van der Waals surface area contributed by atoms with E-state index >= 15 is 26.3 Å². The Bertz CT molecular complexity index is 2700. The molecule has 0 unspecified atom stereocenters. The zero-order valence-electron chi connectivity index (χ0n) is 25.3. The van der Waals surface area contributed by atoms with Crippen LogP contribution in [-0.2, 0) is 6.18 Å². The standard InChI is InChI=1S/C35HF11N8/c1-2-11-12(3-47)31(40)33(42)24(27(11)36)18(9-53)21-20(22(21)19(10-54)25-29(38)14(5-49)16(7-51)32(41)34(25)43)17(8-52)23-26(35(44,45)46)30(39)15(6-50)13(4-48)28(23)37/h1H. The number of hydrogen-bond acceptors (Lipinski definition) is 8. The summed E-state index contributed by atoms with van der Waals surface area (Å²) in [5.74, 6) is -17.5. The van der Waals surface area contributed by atoms with E-state index in [-0.39, 0.29) is 0 Å². The molecule has 0 spiro atoms. The maximum Gasteiger partial charge on any atom is 0.420 e. The van der Waals surface area contributed by atoms with Gasteiger partial charge in [-0.25, -0.2) is 35.1 Å². The van der Waals surface area contributed by atoms with Crippen molar-refractivity contribution >= 4 is 16.7 Å². The van der Waals surface area contributed by atoms with E-state index in [0.29, 0.717) is 0 Å². The molecule has 8 nitrogen and oxygen atoms in total. The van der Waals surface area contributed by atoms with E-state index in [1.807, 2.05) is 0 Å². The van der Waals surface area contributed by atoms with E-state index in [1.54, 1.807) is 0 Å². The van der Waals surface area contributed by atoms with Crippen LogP contribution in [0.15, 0.2) is 16.7 Å². The molecular weight excluding hydrogens is 741 g/mol. The number of alkyl halides is 3. The lowest BCUT2D eigenvalue weighted by Gasteiger charge is -2.16. The Hall–Kier alpha value is -8.41. The number of hydrogen-bond donors (Lipinski definition) is 0. The molecule has 1 aliphatic carbocycles. The minimum absolute atomic E-state index is 0.821. The lowest BCUT2D eigenvalue weighted by atomic mass is 9.91. The summed E-state index contributed by atoms with van der Waals surface area (Å²) in [6.07, 6.45) is -0.993. The Labute approximate surface area is 293 Å². The fourth-order valence-electron chi connectivity index (χ4n) is 5.26. The highest BCUT2D eigenvalue weighted by Gasteiger charge is 2.49. The molecule has 0 N–H and O–H groups in total. The van der Waals surface area contributed by atoms with E-state index < -0.39 is 142 Å². The van der Waals surface area contributed by atoms with Gasteiger partial charge in [-0.3, -0.25) is 0 Å². The van der Waals surface area contributed by atoms with Crippen LogP contribution in [0.25, 0.3) is 16.7 Å². The van der Waals surface area contributed by atoms with Crippen LogP contribution in [-0.4, -0.2) is 0 Å². The van der Waals surface area contributed by atoms with Gasteiger partial charge in [-0.05, 0) is 0 Å². The van der Waals surface area contributed by atoms with Gasteiger partial charge in [-0.15, -0.1) is 6.42 Å². The summed E-state index contributed by atoms with van der Waals surface area (Å²) in [6.45, 7) is 0. The number of halogens is 11. The van der Waals surface area contributed by atoms with Crippen molar-refractivity contribution in [1.29, 1.82) is 42.1 Å². The molecule has 19 heteroatoms. The fourth-order valence-corrected chi connectivity index (χ4v) is 5.26. The fraction of sp³-hybridized carbons (Fsp3) is 0.0286. The maximum atomic E-state index is 15.9. The predicted molar refractivity (Wildman–Crippen MR) is 153 cm³/mol. The van der Waals surface area contributed by atoms with Crippen LogP contribution in [0.2, 0.25) is 0 Å². The third-order valence-corrected chi connectivity index (χ3v) is 7.53. The molecule has 1 fully saturated rings. The summed E-state index contributed by atoms with van der Waals surface area (Å²) in [5, 5.41) is 76.4. The highest BCUT2D eigenvalue weighted by molar-refractivity contribution is 6.12. The van der Waals surface area contributed by atoms with Gasteiger partial charge in [0.1, 0.15) is 81.9 Å². The molecule has 0 saturated heterocycles. The summed E-state index contributed by atoms with van der Waals surface area (Å²) < 4.78 is 166. The van der Waals surface area contributed by atoms with E-state index in [4.69, 9.17) is 11.7 Å². The zero-order valence-corrected chi connectivity index (χ0v) is 25.3. The first-order chi connectivity index (χ1) is 25.4. The van der Waals surface area contributed by atoms with Gasteiger partial charge in [0.05, 0.1) is 33.4 Å². The minimum atomic E-state index is -6.09. The van der Waals surface area contributed by atoms with Crippen LogP contribution < -0.4 is 0 Å². The van der Waals surface area contributed by atoms with Crippen LogP contribution in [0, 0.1) is 150 Å². The number of rotatable bonds is 3. The molecule has 54 heavy (non-hydrogen) atoms. The van der Waals surface area contributed by atoms with Crippen LogP contribution in [0.4, 0.5) is 48.3 Å². The minimum Gasteiger partial charge on any atom is -0.205 e. The van der Waals surface area contributed by atoms with E-state index in [2.05, 4.69) is 0 Å².